The van der Waals surface area contributed by atoms with Crippen LogP contribution in [-0.4, -0.2) is 20.3 Å². The van der Waals surface area contributed by atoms with Crippen LogP contribution in [0, 0.1) is 0 Å². The first-order valence-electron chi connectivity index (χ1n) is 4.24. The maximum Gasteiger partial charge on any atom is 0.0950 e. The van der Waals surface area contributed by atoms with Crippen LogP contribution in [0.25, 0.3) is 0 Å². The fourth-order valence-corrected chi connectivity index (χ4v) is 1.12. The van der Waals surface area contributed by atoms with Crippen LogP contribution in [0.3, 0.4) is 0 Å². The summed E-state index contributed by atoms with van der Waals surface area (Å²) in [4.78, 5) is 4.17. The van der Waals surface area contributed by atoms with Crippen molar-refractivity contribution in [1.29, 1.82) is 0 Å². The first-order valence-corrected chi connectivity index (χ1v) is 4.24. The Hall–Kier alpha value is -0.830. The van der Waals surface area contributed by atoms with Gasteiger partial charge in [-0.2, -0.15) is 0 Å². The van der Waals surface area contributed by atoms with Crippen molar-refractivity contribution in [2.24, 2.45) is 0 Å². The molecule has 1 heterocycles. The lowest BCUT2D eigenvalue weighted by molar-refractivity contribution is 0.0615. The highest BCUT2D eigenvalue weighted by molar-refractivity contribution is 4.96. The average Bonchev–Trinajstić information content (AvgIpc) is 2.32. The Morgan fingerprint density at radius 1 is 1.58 bits per heavy atom. The molecule has 1 rings (SSSR count). The highest BCUT2D eigenvalue weighted by atomic mass is 16.3. The second-order valence-electron chi connectivity index (χ2n) is 3.70. The molecule has 0 atom stereocenters. The molecule has 68 valence electrons. The number of hydrogen-bond donors (Lipinski definition) is 1. The van der Waals surface area contributed by atoms with E-state index < -0.39 is 5.60 Å². The number of rotatable bonds is 3. The number of aryl methyl sites for hydroxylation is 1. The standard InChI is InChI=1S/C9H16N2O/c1-4-8-5-11(7-10-8)6-9(2,3)12/h5,7,12H,4,6H2,1-3H3. The van der Waals surface area contributed by atoms with Gasteiger partial charge in [-0.25, -0.2) is 4.98 Å². The van der Waals surface area contributed by atoms with Crippen molar-refractivity contribution in [2.45, 2.75) is 39.3 Å². The van der Waals surface area contributed by atoms with E-state index in [1.807, 2.05) is 10.8 Å². The molecular formula is C9H16N2O. The minimum atomic E-state index is -0.661. The van der Waals surface area contributed by atoms with Crippen molar-refractivity contribution in [2.75, 3.05) is 0 Å². The summed E-state index contributed by atoms with van der Waals surface area (Å²) < 4.78 is 1.92. The van der Waals surface area contributed by atoms with Gasteiger partial charge >= 0.3 is 0 Å². The summed E-state index contributed by atoms with van der Waals surface area (Å²) in [5.41, 5.74) is 0.408. The molecule has 0 radical (unpaired) electrons. The molecule has 0 fully saturated rings. The quantitative estimate of drug-likeness (QED) is 0.736. The van der Waals surface area contributed by atoms with Crippen molar-refractivity contribution in [3.05, 3.63) is 18.2 Å². The highest BCUT2D eigenvalue weighted by Crippen LogP contribution is 2.06. The van der Waals surface area contributed by atoms with Gasteiger partial charge < -0.3 is 9.67 Å². The largest absolute Gasteiger partial charge is 0.389 e. The maximum absolute atomic E-state index is 9.50. The van der Waals surface area contributed by atoms with E-state index in [2.05, 4.69) is 11.9 Å². The zero-order valence-corrected chi connectivity index (χ0v) is 7.91. The Morgan fingerprint density at radius 3 is 2.67 bits per heavy atom. The molecule has 0 amide bonds. The molecule has 0 aliphatic heterocycles. The van der Waals surface area contributed by atoms with Crippen LogP contribution >= 0.6 is 0 Å². The lowest BCUT2D eigenvalue weighted by Gasteiger charge is -2.16. The van der Waals surface area contributed by atoms with Gasteiger partial charge in [-0.3, -0.25) is 0 Å². The normalized spacial score (nSPS) is 12.0. The molecule has 0 saturated heterocycles. The SMILES string of the molecule is CCc1cn(CC(C)(C)O)cn1. The molecule has 1 aromatic heterocycles. The molecule has 0 bridgehead atoms. The van der Waals surface area contributed by atoms with Crippen LogP contribution in [-0.2, 0) is 13.0 Å². The van der Waals surface area contributed by atoms with E-state index in [9.17, 15) is 5.11 Å². The summed E-state index contributed by atoms with van der Waals surface area (Å²) in [5, 5.41) is 9.50. The van der Waals surface area contributed by atoms with Crippen molar-refractivity contribution in [3.63, 3.8) is 0 Å². The summed E-state index contributed by atoms with van der Waals surface area (Å²) in [6.07, 6.45) is 4.67. The Kier molecular flexibility index (Phi) is 2.52. The van der Waals surface area contributed by atoms with E-state index in [0.717, 1.165) is 12.1 Å². The first-order chi connectivity index (χ1) is 5.51. The van der Waals surface area contributed by atoms with Gasteiger partial charge in [-0.15, -0.1) is 0 Å². The molecule has 3 nitrogen and oxygen atoms in total. The molecule has 1 N–H and O–H groups in total. The number of aromatic nitrogens is 2. The number of imidazole rings is 1. The van der Waals surface area contributed by atoms with Gasteiger partial charge in [0.1, 0.15) is 0 Å². The van der Waals surface area contributed by atoms with Crippen LogP contribution < -0.4 is 0 Å². The number of aliphatic hydroxyl groups is 1. The van der Waals surface area contributed by atoms with Gasteiger partial charge in [0.2, 0.25) is 0 Å². The predicted molar refractivity (Wildman–Crippen MR) is 47.9 cm³/mol. The van der Waals surface area contributed by atoms with E-state index in [1.165, 1.54) is 0 Å². The molecule has 0 spiro atoms. The summed E-state index contributed by atoms with van der Waals surface area (Å²) >= 11 is 0. The summed E-state index contributed by atoms with van der Waals surface area (Å²) in [7, 11) is 0. The molecule has 1 aromatic rings. The van der Waals surface area contributed by atoms with E-state index >= 15 is 0 Å². The second-order valence-corrected chi connectivity index (χ2v) is 3.70. The Labute approximate surface area is 73.1 Å². The number of nitrogens with zero attached hydrogens (tertiary/aromatic N) is 2. The fourth-order valence-electron chi connectivity index (χ4n) is 1.12. The van der Waals surface area contributed by atoms with Crippen molar-refractivity contribution in [1.82, 2.24) is 9.55 Å². The Balaban J connectivity index is 2.64. The molecule has 3 heteroatoms. The van der Waals surface area contributed by atoms with Crippen LogP contribution in [0.15, 0.2) is 12.5 Å². The first kappa shape index (κ1) is 9.26. The van der Waals surface area contributed by atoms with Crippen molar-refractivity contribution in [3.8, 4) is 0 Å². The zero-order chi connectivity index (χ0) is 9.19. The maximum atomic E-state index is 9.50. The van der Waals surface area contributed by atoms with Crippen LogP contribution in [0.2, 0.25) is 0 Å². The van der Waals surface area contributed by atoms with E-state index in [1.54, 1.807) is 20.2 Å². The number of hydrogen-bond acceptors (Lipinski definition) is 2. The van der Waals surface area contributed by atoms with Crippen LogP contribution in [0.1, 0.15) is 26.5 Å². The third-order valence-corrected chi connectivity index (χ3v) is 1.62. The van der Waals surface area contributed by atoms with Gasteiger partial charge in [-0.1, -0.05) is 6.92 Å². The zero-order valence-electron chi connectivity index (χ0n) is 7.91. The third kappa shape index (κ3) is 2.66. The van der Waals surface area contributed by atoms with Gasteiger partial charge in [0.05, 0.1) is 24.2 Å². The molecule has 12 heavy (non-hydrogen) atoms. The van der Waals surface area contributed by atoms with E-state index in [4.69, 9.17) is 0 Å². The highest BCUT2D eigenvalue weighted by Gasteiger charge is 2.12. The fraction of sp³-hybridized carbons (Fsp3) is 0.667. The molecule has 0 aliphatic rings. The summed E-state index contributed by atoms with van der Waals surface area (Å²) in [6.45, 7) is 6.24. The van der Waals surface area contributed by atoms with Gasteiger partial charge in [0.15, 0.2) is 0 Å². The molecular weight excluding hydrogens is 152 g/mol. The van der Waals surface area contributed by atoms with E-state index in [-0.39, 0.29) is 0 Å². The molecule has 0 saturated carbocycles. The van der Waals surface area contributed by atoms with Crippen molar-refractivity contribution < 1.29 is 5.11 Å². The second kappa shape index (κ2) is 3.27. The average molecular weight is 168 g/mol. The molecule has 0 aliphatic carbocycles. The van der Waals surface area contributed by atoms with Gasteiger partial charge in [0, 0.05) is 6.20 Å². The van der Waals surface area contributed by atoms with Gasteiger partial charge in [-0.05, 0) is 20.3 Å². The monoisotopic (exact) mass is 168 g/mol. The van der Waals surface area contributed by atoms with Crippen LogP contribution in [0.4, 0.5) is 0 Å². The lowest BCUT2D eigenvalue weighted by Crippen LogP contribution is -2.25. The minimum absolute atomic E-state index is 0.597. The smallest absolute Gasteiger partial charge is 0.0950 e. The predicted octanol–water partition coefficient (Wildman–Crippen LogP) is 1.22. The van der Waals surface area contributed by atoms with Crippen LogP contribution in [0.5, 0.6) is 0 Å². The Bertz CT molecular complexity index is 247. The molecule has 0 aromatic carbocycles. The van der Waals surface area contributed by atoms with Gasteiger partial charge in [0.25, 0.3) is 0 Å². The molecule has 0 unspecified atom stereocenters. The summed E-state index contributed by atoms with van der Waals surface area (Å²) in [5.74, 6) is 0. The summed E-state index contributed by atoms with van der Waals surface area (Å²) in [6, 6.07) is 0. The third-order valence-electron chi connectivity index (χ3n) is 1.62. The van der Waals surface area contributed by atoms with E-state index in [0.29, 0.717) is 6.54 Å². The lowest BCUT2D eigenvalue weighted by atomic mass is 10.1. The Morgan fingerprint density at radius 2 is 2.25 bits per heavy atom. The van der Waals surface area contributed by atoms with Crippen molar-refractivity contribution >= 4 is 0 Å². The topological polar surface area (TPSA) is 38.0 Å². The minimum Gasteiger partial charge on any atom is -0.389 e.